The van der Waals surface area contributed by atoms with Gasteiger partial charge in [-0.15, -0.1) is 0 Å². The lowest BCUT2D eigenvalue weighted by molar-refractivity contribution is -0.107. The van der Waals surface area contributed by atoms with Crippen molar-refractivity contribution in [1.29, 1.82) is 0 Å². The topological polar surface area (TPSA) is 26.3 Å². The second-order valence-corrected chi connectivity index (χ2v) is 3.08. The molecule has 2 nitrogen and oxygen atoms in total. The fraction of sp³-hybridized carbons (Fsp3) is 0.357. The third-order valence-electron chi connectivity index (χ3n) is 1.71. The second-order valence-electron chi connectivity index (χ2n) is 3.08. The van der Waals surface area contributed by atoms with E-state index in [0.29, 0.717) is 13.0 Å². The Kier molecular flexibility index (Phi) is 10.4. The van der Waals surface area contributed by atoms with Crippen LogP contribution in [0.25, 0.3) is 0 Å². The normalized spacial score (nSPS) is 13.0. The van der Waals surface area contributed by atoms with Gasteiger partial charge in [0.15, 0.2) is 0 Å². The molecule has 0 aliphatic heterocycles. The van der Waals surface area contributed by atoms with Gasteiger partial charge in [-0.05, 0) is 31.6 Å². The molecule has 0 rings (SSSR count). The van der Waals surface area contributed by atoms with E-state index >= 15 is 0 Å². The minimum atomic E-state index is 0.388. The highest BCUT2D eigenvalue weighted by atomic mass is 16.5. The van der Waals surface area contributed by atoms with Crippen LogP contribution >= 0.6 is 0 Å². The van der Waals surface area contributed by atoms with Crippen molar-refractivity contribution in [2.45, 2.75) is 26.7 Å². The first-order chi connectivity index (χ1) is 7.85. The Balaban J connectivity index is 3.97. The van der Waals surface area contributed by atoms with Crippen LogP contribution in [0.15, 0.2) is 48.3 Å². The van der Waals surface area contributed by atoms with Crippen LogP contribution in [-0.2, 0) is 9.53 Å². The Morgan fingerprint density at radius 1 is 1.25 bits per heavy atom. The molecule has 0 fully saturated rings. The first kappa shape index (κ1) is 14.4. The predicted molar refractivity (Wildman–Crippen MR) is 68.1 cm³/mol. The predicted octanol–water partition coefficient (Wildman–Crippen LogP) is 3.57. The van der Waals surface area contributed by atoms with Crippen molar-refractivity contribution in [2.24, 2.45) is 0 Å². The molecule has 0 unspecified atom stereocenters. The van der Waals surface area contributed by atoms with Crippen LogP contribution in [0.2, 0.25) is 0 Å². The van der Waals surface area contributed by atoms with E-state index in [1.807, 2.05) is 37.3 Å². The van der Waals surface area contributed by atoms with Gasteiger partial charge in [0.1, 0.15) is 18.7 Å². The van der Waals surface area contributed by atoms with Gasteiger partial charge < -0.3 is 9.53 Å². The van der Waals surface area contributed by atoms with Crippen molar-refractivity contribution in [3.05, 3.63) is 48.3 Å². The molecule has 0 aromatic carbocycles. The maximum atomic E-state index is 10.2. The fourth-order valence-corrected chi connectivity index (χ4v) is 0.997. The summed E-state index contributed by atoms with van der Waals surface area (Å²) in [4.78, 5) is 10.2. The summed E-state index contributed by atoms with van der Waals surface area (Å²) in [6, 6.07) is 0. The molecule has 16 heavy (non-hydrogen) atoms. The molecule has 0 radical (unpaired) electrons. The minimum absolute atomic E-state index is 0.388. The number of hydrogen-bond donors (Lipinski definition) is 0. The van der Waals surface area contributed by atoms with Crippen LogP contribution < -0.4 is 0 Å². The molecule has 0 aliphatic carbocycles. The molecule has 0 saturated carbocycles. The summed E-state index contributed by atoms with van der Waals surface area (Å²) >= 11 is 0. The number of hydrogen-bond acceptors (Lipinski definition) is 2. The first-order valence-electron chi connectivity index (χ1n) is 5.56. The van der Waals surface area contributed by atoms with Crippen LogP contribution in [0.3, 0.4) is 0 Å². The average Bonchev–Trinajstić information content (AvgIpc) is 2.30. The van der Waals surface area contributed by atoms with Crippen LogP contribution in [-0.4, -0.2) is 12.9 Å². The summed E-state index contributed by atoms with van der Waals surface area (Å²) < 4.78 is 5.46. The van der Waals surface area contributed by atoms with Gasteiger partial charge in [0.2, 0.25) is 0 Å². The summed E-state index contributed by atoms with van der Waals surface area (Å²) in [6.45, 7) is 4.52. The number of carbonyl (C=O) groups is 1. The smallest absolute Gasteiger partial charge is 0.123 e. The maximum Gasteiger partial charge on any atom is 0.123 e. The molecule has 0 aromatic heterocycles. The van der Waals surface area contributed by atoms with Gasteiger partial charge >= 0.3 is 0 Å². The molecule has 0 N–H and O–H groups in total. The second kappa shape index (κ2) is 11.5. The van der Waals surface area contributed by atoms with Crippen LogP contribution in [0.5, 0.6) is 0 Å². The van der Waals surface area contributed by atoms with E-state index < -0.39 is 0 Å². The average molecular weight is 220 g/mol. The summed E-state index contributed by atoms with van der Waals surface area (Å²) in [7, 11) is 0. The summed E-state index contributed by atoms with van der Waals surface area (Å²) in [5, 5.41) is 0. The van der Waals surface area contributed by atoms with Gasteiger partial charge in [-0.3, -0.25) is 0 Å². The molecule has 0 saturated heterocycles. The van der Waals surface area contributed by atoms with Gasteiger partial charge in [-0.1, -0.05) is 31.2 Å². The molecular formula is C14H20O2. The third-order valence-corrected chi connectivity index (χ3v) is 1.71. The van der Waals surface area contributed by atoms with Gasteiger partial charge in [0.05, 0.1) is 0 Å². The van der Waals surface area contributed by atoms with E-state index in [1.165, 1.54) is 0 Å². The monoisotopic (exact) mass is 220 g/mol. The Hall–Kier alpha value is -1.57. The zero-order valence-electron chi connectivity index (χ0n) is 10.1. The standard InChI is InChI=1S/C14H20O2/c1-3-5-6-7-8-13-16-14(10-4-2)11-9-12-15/h4-8,10-12H,3,9,13H2,1-2H3/b6-5-,8-7-,10-4-,14-11+. The molecule has 0 aliphatic rings. The lowest BCUT2D eigenvalue weighted by Gasteiger charge is -2.02. The van der Waals surface area contributed by atoms with E-state index in [1.54, 1.807) is 6.08 Å². The minimum Gasteiger partial charge on any atom is -0.490 e. The molecule has 0 bridgehead atoms. The lowest BCUT2D eigenvalue weighted by atomic mass is 10.3. The molecule has 2 heteroatoms. The van der Waals surface area contributed by atoms with Crippen molar-refractivity contribution < 1.29 is 9.53 Å². The van der Waals surface area contributed by atoms with E-state index in [2.05, 4.69) is 13.0 Å². The Morgan fingerprint density at radius 2 is 2.00 bits per heavy atom. The number of aldehydes is 1. The van der Waals surface area contributed by atoms with Gasteiger partial charge in [0, 0.05) is 6.42 Å². The SMILES string of the molecule is C/C=C\C(=C/CC=O)OC/C=C\C=C/CC. The summed E-state index contributed by atoms with van der Waals surface area (Å²) in [5.41, 5.74) is 0. The first-order valence-corrected chi connectivity index (χ1v) is 5.56. The molecule has 88 valence electrons. The molecule has 0 amide bonds. The van der Waals surface area contributed by atoms with E-state index in [9.17, 15) is 4.79 Å². The number of allylic oxidation sites excluding steroid dienone is 6. The van der Waals surface area contributed by atoms with Crippen LogP contribution in [0.4, 0.5) is 0 Å². The highest BCUT2D eigenvalue weighted by molar-refractivity contribution is 5.52. The summed E-state index contributed by atoms with van der Waals surface area (Å²) in [6.07, 6.45) is 15.7. The molecule has 0 atom stereocenters. The Bertz CT molecular complexity index is 283. The highest BCUT2D eigenvalue weighted by Gasteiger charge is 1.89. The fourth-order valence-electron chi connectivity index (χ4n) is 0.997. The van der Waals surface area contributed by atoms with Crippen LogP contribution in [0, 0.1) is 0 Å². The maximum absolute atomic E-state index is 10.2. The number of carbonyl (C=O) groups excluding carboxylic acids is 1. The van der Waals surface area contributed by atoms with E-state index in [0.717, 1.165) is 18.5 Å². The molecular weight excluding hydrogens is 200 g/mol. The zero-order chi connectivity index (χ0) is 12.1. The molecule has 0 heterocycles. The highest BCUT2D eigenvalue weighted by Crippen LogP contribution is 2.01. The number of rotatable bonds is 8. The molecule has 0 aromatic rings. The zero-order valence-corrected chi connectivity index (χ0v) is 10.1. The summed E-state index contributed by atoms with van der Waals surface area (Å²) in [5.74, 6) is 0.735. The van der Waals surface area contributed by atoms with Crippen molar-refractivity contribution in [2.75, 3.05) is 6.61 Å². The largest absolute Gasteiger partial charge is 0.490 e. The van der Waals surface area contributed by atoms with Gasteiger partial charge in [-0.2, -0.15) is 0 Å². The quantitative estimate of drug-likeness (QED) is 0.355. The van der Waals surface area contributed by atoms with Gasteiger partial charge in [0.25, 0.3) is 0 Å². The Morgan fingerprint density at radius 3 is 2.62 bits per heavy atom. The van der Waals surface area contributed by atoms with E-state index in [-0.39, 0.29) is 0 Å². The van der Waals surface area contributed by atoms with Crippen LogP contribution in [0.1, 0.15) is 26.7 Å². The van der Waals surface area contributed by atoms with Crippen molar-refractivity contribution >= 4 is 6.29 Å². The van der Waals surface area contributed by atoms with E-state index in [4.69, 9.17) is 4.74 Å². The van der Waals surface area contributed by atoms with Crippen molar-refractivity contribution in [3.8, 4) is 0 Å². The third kappa shape index (κ3) is 9.00. The Labute approximate surface area is 98.0 Å². The lowest BCUT2D eigenvalue weighted by Crippen LogP contribution is -1.90. The van der Waals surface area contributed by atoms with Crippen molar-refractivity contribution in [1.82, 2.24) is 0 Å². The van der Waals surface area contributed by atoms with Crippen molar-refractivity contribution in [3.63, 3.8) is 0 Å². The van der Waals surface area contributed by atoms with Gasteiger partial charge in [-0.25, -0.2) is 0 Å². The number of ether oxygens (including phenoxy) is 1. The molecule has 0 spiro atoms.